The second kappa shape index (κ2) is 47.9. The maximum atomic E-state index is 12.4. The van der Waals surface area contributed by atoms with E-state index in [4.69, 9.17) is 0 Å². The van der Waals surface area contributed by atoms with Crippen molar-refractivity contribution in [1.82, 2.24) is 5.32 Å². The van der Waals surface area contributed by atoms with Gasteiger partial charge in [0.25, 0.3) is 0 Å². The fourth-order valence-corrected chi connectivity index (χ4v) is 6.93. The van der Waals surface area contributed by atoms with E-state index in [0.29, 0.717) is 6.42 Å². The Balaban J connectivity index is 3.61. The molecule has 1 amide bonds. The second-order valence-electron chi connectivity index (χ2n) is 16.1. The van der Waals surface area contributed by atoms with Gasteiger partial charge < -0.3 is 15.5 Å². The molecule has 328 valence electrons. The maximum Gasteiger partial charge on any atom is 0.220 e. The summed E-state index contributed by atoms with van der Waals surface area (Å²) in [6, 6.07) is -0.645. The summed E-state index contributed by atoms with van der Waals surface area (Å²) >= 11 is 0. The van der Waals surface area contributed by atoms with E-state index in [2.05, 4.69) is 92.1 Å². The number of carbonyl (C=O) groups excluding carboxylic acids is 1. The van der Waals surface area contributed by atoms with Crippen molar-refractivity contribution in [1.29, 1.82) is 0 Å². The standard InChI is InChI=1S/C53H93NO3/c1-3-5-7-9-11-13-15-17-19-21-23-24-25-26-27-28-29-30-31-33-35-37-39-41-43-45-47-49-53(57)54-51(50-55)52(56)48-46-44-42-40-38-36-34-32-22-20-18-16-14-12-10-8-6-4-2/h5,7,11,13,17,19,23-24,26-27,38,40,46,48,51-52,55-56H,3-4,6,8-10,12,14-16,18,20-22,25,28-37,39,41-45,47,49-50H2,1-2H3,(H,54,57)/b7-5-,13-11-,19-17-,24-23-,27-26-,40-38+,48-46+. The summed E-state index contributed by atoms with van der Waals surface area (Å²) in [5.74, 6) is -0.0800. The van der Waals surface area contributed by atoms with Crippen molar-refractivity contribution in [2.45, 2.75) is 238 Å². The van der Waals surface area contributed by atoms with Crippen molar-refractivity contribution < 1.29 is 15.0 Å². The highest BCUT2D eigenvalue weighted by Gasteiger charge is 2.17. The molecule has 0 aliphatic rings. The Hall–Kier alpha value is -2.43. The van der Waals surface area contributed by atoms with Gasteiger partial charge in [0.15, 0.2) is 0 Å². The fourth-order valence-electron chi connectivity index (χ4n) is 6.93. The van der Waals surface area contributed by atoms with Crippen LogP contribution in [0.1, 0.15) is 226 Å². The first-order chi connectivity index (χ1) is 28.2. The molecule has 0 rings (SSSR count). The second-order valence-corrected chi connectivity index (χ2v) is 16.1. The first-order valence-electron chi connectivity index (χ1n) is 24.3. The van der Waals surface area contributed by atoms with Crippen LogP contribution in [0.5, 0.6) is 0 Å². The Morgan fingerprint density at radius 3 is 1.23 bits per heavy atom. The Kier molecular flexibility index (Phi) is 45.9. The quantitative estimate of drug-likeness (QED) is 0.0425. The average Bonchev–Trinajstić information content (AvgIpc) is 3.22. The summed E-state index contributed by atoms with van der Waals surface area (Å²) < 4.78 is 0. The van der Waals surface area contributed by atoms with E-state index in [1.165, 1.54) is 141 Å². The lowest BCUT2D eigenvalue weighted by Gasteiger charge is -2.19. The van der Waals surface area contributed by atoms with Gasteiger partial charge in [-0.2, -0.15) is 0 Å². The van der Waals surface area contributed by atoms with E-state index in [1.54, 1.807) is 6.08 Å². The van der Waals surface area contributed by atoms with Gasteiger partial charge in [-0.3, -0.25) is 4.79 Å². The van der Waals surface area contributed by atoms with Crippen LogP contribution in [0.2, 0.25) is 0 Å². The van der Waals surface area contributed by atoms with Crippen LogP contribution in [0.15, 0.2) is 85.1 Å². The average molecular weight is 792 g/mol. The summed E-state index contributed by atoms with van der Waals surface area (Å²) in [6.07, 6.45) is 69.9. The van der Waals surface area contributed by atoms with Gasteiger partial charge in [-0.05, 0) is 77.0 Å². The van der Waals surface area contributed by atoms with Crippen molar-refractivity contribution in [2.75, 3.05) is 6.61 Å². The van der Waals surface area contributed by atoms with Crippen LogP contribution in [0.25, 0.3) is 0 Å². The van der Waals surface area contributed by atoms with E-state index in [1.807, 2.05) is 6.08 Å². The number of aliphatic hydroxyl groups is 2. The SMILES string of the molecule is CC/C=C\C/C=C\C/C=C\C/C=C\C/C=C\CCCCCCCCCCCCCC(=O)NC(CO)C(O)/C=C/CC/C=C/CCCCCCCCCCCCCC. The topological polar surface area (TPSA) is 69.6 Å². The van der Waals surface area contributed by atoms with Crippen molar-refractivity contribution in [2.24, 2.45) is 0 Å². The third kappa shape index (κ3) is 44.5. The molecule has 4 heteroatoms. The highest BCUT2D eigenvalue weighted by Crippen LogP contribution is 2.14. The molecule has 0 aromatic carbocycles. The zero-order valence-corrected chi connectivity index (χ0v) is 37.6. The highest BCUT2D eigenvalue weighted by molar-refractivity contribution is 5.76. The molecule has 0 spiro atoms. The van der Waals surface area contributed by atoms with Gasteiger partial charge in [0.2, 0.25) is 5.91 Å². The van der Waals surface area contributed by atoms with Gasteiger partial charge in [-0.15, -0.1) is 0 Å². The smallest absolute Gasteiger partial charge is 0.220 e. The molecular formula is C53H93NO3. The van der Waals surface area contributed by atoms with Gasteiger partial charge in [0.05, 0.1) is 18.8 Å². The monoisotopic (exact) mass is 792 g/mol. The number of carbonyl (C=O) groups is 1. The van der Waals surface area contributed by atoms with Crippen molar-refractivity contribution >= 4 is 5.91 Å². The number of unbranched alkanes of at least 4 members (excludes halogenated alkanes) is 24. The molecular weight excluding hydrogens is 699 g/mol. The lowest BCUT2D eigenvalue weighted by molar-refractivity contribution is -0.123. The number of aliphatic hydroxyl groups excluding tert-OH is 2. The summed E-state index contributed by atoms with van der Waals surface area (Å²) in [5.41, 5.74) is 0. The largest absolute Gasteiger partial charge is 0.394 e. The molecule has 0 fully saturated rings. The normalized spacial score (nSPS) is 13.7. The minimum absolute atomic E-state index is 0.0800. The molecule has 0 aromatic rings. The summed E-state index contributed by atoms with van der Waals surface area (Å²) in [6.45, 7) is 4.18. The van der Waals surface area contributed by atoms with Gasteiger partial charge >= 0.3 is 0 Å². The van der Waals surface area contributed by atoms with Crippen LogP contribution in [0, 0.1) is 0 Å². The molecule has 0 radical (unpaired) electrons. The molecule has 0 saturated heterocycles. The Labute approximate surface area is 354 Å². The number of hydrogen-bond acceptors (Lipinski definition) is 3. The number of allylic oxidation sites excluding steroid dienone is 13. The Morgan fingerprint density at radius 2 is 0.789 bits per heavy atom. The van der Waals surface area contributed by atoms with Crippen molar-refractivity contribution in [3.8, 4) is 0 Å². The Morgan fingerprint density at radius 1 is 0.439 bits per heavy atom. The molecule has 0 aliphatic carbocycles. The number of hydrogen-bond donors (Lipinski definition) is 3. The molecule has 0 bridgehead atoms. The van der Waals surface area contributed by atoms with E-state index in [0.717, 1.165) is 64.2 Å². The molecule has 0 heterocycles. The van der Waals surface area contributed by atoms with E-state index in [9.17, 15) is 15.0 Å². The predicted octanol–water partition coefficient (Wildman–Crippen LogP) is 15.6. The number of nitrogens with one attached hydrogen (secondary N) is 1. The van der Waals surface area contributed by atoms with Crippen LogP contribution in [-0.4, -0.2) is 34.9 Å². The van der Waals surface area contributed by atoms with Crippen molar-refractivity contribution in [3.63, 3.8) is 0 Å². The van der Waals surface area contributed by atoms with E-state index < -0.39 is 12.1 Å². The van der Waals surface area contributed by atoms with E-state index >= 15 is 0 Å². The third-order valence-corrected chi connectivity index (χ3v) is 10.6. The highest BCUT2D eigenvalue weighted by atomic mass is 16.3. The van der Waals surface area contributed by atoms with Gasteiger partial charge in [-0.25, -0.2) is 0 Å². The van der Waals surface area contributed by atoms with Crippen LogP contribution >= 0.6 is 0 Å². The molecule has 0 saturated carbocycles. The summed E-state index contributed by atoms with van der Waals surface area (Å²) in [5, 5.41) is 23.1. The predicted molar refractivity (Wildman–Crippen MR) is 253 cm³/mol. The van der Waals surface area contributed by atoms with Crippen LogP contribution in [0.4, 0.5) is 0 Å². The summed E-state index contributed by atoms with van der Waals surface area (Å²) in [4.78, 5) is 12.4. The maximum absolute atomic E-state index is 12.4. The molecule has 2 unspecified atom stereocenters. The van der Waals surface area contributed by atoms with Crippen LogP contribution < -0.4 is 5.32 Å². The first-order valence-corrected chi connectivity index (χ1v) is 24.3. The first kappa shape index (κ1) is 54.6. The zero-order valence-electron chi connectivity index (χ0n) is 37.6. The van der Waals surface area contributed by atoms with Gasteiger partial charge in [0, 0.05) is 6.42 Å². The minimum atomic E-state index is -0.868. The molecule has 4 nitrogen and oxygen atoms in total. The third-order valence-electron chi connectivity index (χ3n) is 10.6. The van der Waals surface area contributed by atoms with Crippen molar-refractivity contribution in [3.05, 3.63) is 85.1 Å². The minimum Gasteiger partial charge on any atom is -0.394 e. The van der Waals surface area contributed by atoms with Gasteiger partial charge in [0.1, 0.15) is 0 Å². The summed E-state index contributed by atoms with van der Waals surface area (Å²) in [7, 11) is 0. The lowest BCUT2D eigenvalue weighted by atomic mass is 10.0. The van der Waals surface area contributed by atoms with Crippen LogP contribution in [0.3, 0.4) is 0 Å². The molecule has 2 atom stereocenters. The number of rotatable bonds is 43. The molecule has 0 aromatic heterocycles. The van der Waals surface area contributed by atoms with Gasteiger partial charge in [-0.1, -0.05) is 227 Å². The molecule has 0 aliphatic heterocycles. The van der Waals surface area contributed by atoms with Crippen LogP contribution in [-0.2, 0) is 4.79 Å². The zero-order chi connectivity index (χ0) is 41.4. The lowest BCUT2D eigenvalue weighted by Crippen LogP contribution is -2.45. The Bertz CT molecular complexity index is 1030. The number of amides is 1. The molecule has 57 heavy (non-hydrogen) atoms. The fraction of sp³-hybridized carbons (Fsp3) is 0.717. The van der Waals surface area contributed by atoms with E-state index in [-0.39, 0.29) is 12.5 Å². The molecule has 3 N–H and O–H groups in total.